The van der Waals surface area contributed by atoms with E-state index in [9.17, 15) is 14.4 Å². The number of rotatable bonds is 8. The first-order valence-corrected chi connectivity index (χ1v) is 10.5. The van der Waals surface area contributed by atoms with Gasteiger partial charge in [0.15, 0.2) is 13.2 Å². The molecule has 0 spiro atoms. The number of aryl methyl sites for hydroxylation is 1. The third-order valence-corrected chi connectivity index (χ3v) is 5.41. The van der Waals surface area contributed by atoms with Crippen molar-refractivity contribution in [2.24, 2.45) is 5.73 Å². The summed E-state index contributed by atoms with van der Waals surface area (Å²) >= 11 is 0. The van der Waals surface area contributed by atoms with Crippen LogP contribution in [0.5, 0.6) is 5.75 Å². The van der Waals surface area contributed by atoms with Gasteiger partial charge in [0.2, 0.25) is 0 Å². The number of hydrogen-bond donors (Lipinski definition) is 3. The first-order valence-electron chi connectivity index (χ1n) is 10.5. The van der Waals surface area contributed by atoms with E-state index in [1.165, 1.54) is 0 Å². The van der Waals surface area contributed by atoms with Gasteiger partial charge in [0, 0.05) is 5.69 Å². The number of ether oxygens (including phenoxy) is 1. The monoisotopic (exact) mass is 425 g/mol. The number of nitrogens with zero attached hydrogens (tertiary/aromatic N) is 1. The van der Waals surface area contributed by atoms with Crippen LogP contribution in [0.15, 0.2) is 48.5 Å². The van der Waals surface area contributed by atoms with Crippen LogP contribution >= 0.6 is 0 Å². The molecule has 164 valence electrons. The highest BCUT2D eigenvalue weighted by atomic mass is 16.5. The van der Waals surface area contributed by atoms with Crippen LogP contribution in [0.2, 0.25) is 0 Å². The largest absolute Gasteiger partial charge is 0.483 e. The van der Waals surface area contributed by atoms with Crippen molar-refractivity contribution in [3.8, 4) is 5.75 Å². The fourth-order valence-corrected chi connectivity index (χ4v) is 3.65. The molecule has 0 atom stereocenters. The molecule has 1 saturated heterocycles. The first kappa shape index (κ1) is 22.3. The summed E-state index contributed by atoms with van der Waals surface area (Å²) in [5, 5.41) is 3.00. The van der Waals surface area contributed by atoms with Gasteiger partial charge in [-0.25, -0.2) is 0 Å². The topological polar surface area (TPSA) is 106 Å². The van der Waals surface area contributed by atoms with E-state index in [4.69, 9.17) is 10.5 Å². The minimum absolute atomic E-state index is 0.0259. The van der Waals surface area contributed by atoms with Crippen LogP contribution in [-0.2, 0) is 16.0 Å². The van der Waals surface area contributed by atoms with Gasteiger partial charge >= 0.3 is 0 Å². The van der Waals surface area contributed by atoms with Crippen LogP contribution in [0.3, 0.4) is 0 Å². The Hall–Kier alpha value is -3.39. The number of carbonyl (C=O) groups excluding carboxylic acids is 3. The summed E-state index contributed by atoms with van der Waals surface area (Å²) < 4.78 is 5.53. The average Bonchev–Trinajstić information content (AvgIpc) is 2.78. The van der Waals surface area contributed by atoms with Crippen LogP contribution in [0.25, 0.3) is 0 Å². The highest BCUT2D eigenvalue weighted by Gasteiger charge is 2.26. The number of para-hydroxylation sites is 2. The van der Waals surface area contributed by atoms with Gasteiger partial charge in [0.1, 0.15) is 5.75 Å². The molecule has 0 aromatic heterocycles. The predicted molar refractivity (Wildman–Crippen MR) is 117 cm³/mol. The summed E-state index contributed by atoms with van der Waals surface area (Å²) in [7, 11) is 0. The molecular formula is C23H29N4O4+. The minimum Gasteiger partial charge on any atom is -0.483 e. The Balaban J connectivity index is 1.44. The van der Waals surface area contributed by atoms with E-state index in [1.807, 2.05) is 24.3 Å². The smallest absolute Gasteiger partial charge is 0.279 e. The summed E-state index contributed by atoms with van der Waals surface area (Å²) in [6.45, 7) is 4.74. The zero-order chi connectivity index (χ0) is 22.2. The van der Waals surface area contributed by atoms with Gasteiger partial charge in [0.05, 0.1) is 31.7 Å². The van der Waals surface area contributed by atoms with Crippen LogP contribution < -0.4 is 20.7 Å². The molecule has 0 unspecified atom stereocenters. The Bertz CT molecular complexity index is 939. The van der Waals surface area contributed by atoms with Crippen molar-refractivity contribution in [3.05, 3.63) is 59.7 Å². The second-order valence-corrected chi connectivity index (χ2v) is 7.52. The molecule has 31 heavy (non-hydrogen) atoms. The first-order chi connectivity index (χ1) is 15.0. The second-order valence-electron chi connectivity index (χ2n) is 7.52. The summed E-state index contributed by atoms with van der Waals surface area (Å²) in [5.74, 6) is -0.474. The number of benzene rings is 2. The highest BCUT2D eigenvalue weighted by Crippen LogP contribution is 2.17. The normalized spacial score (nSPS) is 14.2. The molecule has 3 rings (SSSR count). The molecule has 2 aromatic carbocycles. The van der Waals surface area contributed by atoms with E-state index in [-0.39, 0.29) is 24.0 Å². The Kier molecular flexibility index (Phi) is 7.61. The van der Waals surface area contributed by atoms with Crippen molar-refractivity contribution < 1.29 is 24.0 Å². The quantitative estimate of drug-likeness (QED) is 0.557. The number of quaternary nitrogens is 1. The number of nitrogens with one attached hydrogen (secondary N) is 2. The van der Waals surface area contributed by atoms with Crippen LogP contribution in [0, 0.1) is 0 Å². The molecule has 8 heteroatoms. The summed E-state index contributed by atoms with van der Waals surface area (Å²) in [6, 6.07) is 14.4. The van der Waals surface area contributed by atoms with Crippen LogP contribution in [0.1, 0.15) is 22.8 Å². The third-order valence-electron chi connectivity index (χ3n) is 5.41. The second kappa shape index (κ2) is 10.6. The van der Waals surface area contributed by atoms with Gasteiger partial charge in [-0.2, -0.15) is 0 Å². The van der Waals surface area contributed by atoms with Crippen molar-refractivity contribution in [2.45, 2.75) is 13.3 Å². The van der Waals surface area contributed by atoms with Gasteiger partial charge in [-0.3, -0.25) is 14.4 Å². The highest BCUT2D eigenvalue weighted by molar-refractivity contribution is 5.95. The molecule has 1 aliphatic rings. The van der Waals surface area contributed by atoms with Gasteiger partial charge in [-0.05, 0) is 30.2 Å². The Morgan fingerprint density at radius 1 is 1.06 bits per heavy atom. The van der Waals surface area contributed by atoms with E-state index in [2.05, 4.69) is 12.2 Å². The number of piperazine rings is 1. The minimum atomic E-state index is -0.597. The molecule has 1 fully saturated rings. The van der Waals surface area contributed by atoms with E-state index < -0.39 is 5.91 Å². The summed E-state index contributed by atoms with van der Waals surface area (Å²) in [5.41, 5.74) is 7.55. The number of carbonyl (C=O) groups is 3. The van der Waals surface area contributed by atoms with Crippen LogP contribution in [0.4, 0.5) is 5.69 Å². The molecule has 1 aliphatic heterocycles. The van der Waals surface area contributed by atoms with Crippen molar-refractivity contribution in [1.29, 1.82) is 0 Å². The number of nitrogens with two attached hydrogens (primary N) is 1. The SMILES string of the molecule is CCc1ccccc1NC(=O)C[NH+]1CCN(C(=O)COc2ccccc2C(N)=O)CC1. The molecule has 3 amide bonds. The van der Waals surface area contributed by atoms with E-state index in [0.29, 0.717) is 38.5 Å². The number of amides is 3. The zero-order valence-electron chi connectivity index (χ0n) is 17.7. The average molecular weight is 426 g/mol. The summed E-state index contributed by atoms with van der Waals surface area (Å²) in [4.78, 5) is 39.2. The van der Waals surface area contributed by atoms with Gasteiger partial charge in [-0.1, -0.05) is 37.3 Å². The molecule has 2 aromatic rings. The van der Waals surface area contributed by atoms with E-state index >= 15 is 0 Å². The lowest BCUT2D eigenvalue weighted by atomic mass is 10.1. The van der Waals surface area contributed by atoms with E-state index in [0.717, 1.165) is 22.6 Å². The number of hydrogen-bond acceptors (Lipinski definition) is 4. The zero-order valence-corrected chi connectivity index (χ0v) is 17.7. The fourth-order valence-electron chi connectivity index (χ4n) is 3.65. The lowest BCUT2D eigenvalue weighted by molar-refractivity contribution is -0.895. The third kappa shape index (κ3) is 6.05. The molecule has 4 N–H and O–H groups in total. The maximum Gasteiger partial charge on any atom is 0.279 e. The Morgan fingerprint density at radius 3 is 2.45 bits per heavy atom. The van der Waals surface area contributed by atoms with Crippen molar-refractivity contribution in [1.82, 2.24) is 4.90 Å². The predicted octanol–water partition coefficient (Wildman–Crippen LogP) is 0.0925. The lowest BCUT2D eigenvalue weighted by Crippen LogP contribution is -3.15. The molecule has 8 nitrogen and oxygen atoms in total. The maximum absolute atomic E-state index is 12.5. The molecule has 0 aliphatic carbocycles. The molecule has 1 heterocycles. The number of primary amides is 1. The summed E-state index contributed by atoms with van der Waals surface area (Å²) in [6.07, 6.45) is 0.857. The Labute approximate surface area is 182 Å². The Morgan fingerprint density at radius 2 is 1.74 bits per heavy atom. The molecule has 0 radical (unpaired) electrons. The molecule has 0 saturated carbocycles. The van der Waals surface area contributed by atoms with Crippen LogP contribution in [-0.4, -0.2) is 62.0 Å². The molecule has 0 bridgehead atoms. The van der Waals surface area contributed by atoms with Crippen molar-refractivity contribution in [2.75, 3.05) is 44.6 Å². The van der Waals surface area contributed by atoms with Gasteiger partial charge < -0.3 is 25.6 Å². The van der Waals surface area contributed by atoms with Crippen molar-refractivity contribution >= 4 is 23.4 Å². The number of anilines is 1. The van der Waals surface area contributed by atoms with E-state index in [1.54, 1.807) is 29.2 Å². The van der Waals surface area contributed by atoms with Crippen molar-refractivity contribution in [3.63, 3.8) is 0 Å². The standard InChI is InChI=1S/C23H28N4O4/c1-2-17-7-3-5-9-19(17)25-21(28)15-26-11-13-27(14-12-26)22(29)16-31-20-10-6-4-8-18(20)23(24)30/h3-10H,2,11-16H2,1H3,(H2,24,30)(H,25,28)/p+1. The van der Waals surface area contributed by atoms with Gasteiger partial charge in [0.25, 0.3) is 17.7 Å². The fraction of sp³-hybridized carbons (Fsp3) is 0.348. The van der Waals surface area contributed by atoms with Gasteiger partial charge in [-0.15, -0.1) is 0 Å². The lowest BCUT2D eigenvalue weighted by Gasteiger charge is -2.31. The maximum atomic E-state index is 12.5. The molecular weight excluding hydrogens is 396 g/mol.